The van der Waals surface area contributed by atoms with E-state index in [-0.39, 0.29) is 23.1 Å². The van der Waals surface area contributed by atoms with E-state index in [0.717, 1.165) is 0 Å². The maximum atomic E-state index is 11.0. The lowest BCUT2D eigenvalue weighted by molar-refractivity contribution is 0.0985. The molecule has 4 nitrogen and oxygen atoms in total. The van der Waals surface area contributed by atoms with Crippen molar-refractivity contribution in [1.82, 2.24) is 4.98 Å². The number of carbonyl (C=O) groups is 1. The molecule has 4 heteroatoms. The van der Waals surface area contributed by atoms with E-state index < -0.39 is 0 Å². The number of carbonyl (C=O) groups excluding carboxylic acids is 1. The average molecular weight is 155 g/mol. The molecule has 3 N–H and O–H groups in total. The van der Waals surface area contributed by atoms with Crippen molar-refractivity contribution in [2.75, 3.05) is 0 Å². The molecule has 0 unspecified atom stereocenters. The van der Waals surface area contributed by atoms with Crippen LogP contribution in [0.3, 0.4) is 0 Å². The van der Waals surface area contributed by atoms with Crippen molar-refractivity contribution in [3.63, 3.8) is 0 Å². The summed E-state index contributed by atoms with van der Waals surface area (Å²) in [6, 6.07) is 1.21. The van der Waals surface area contributed by atoms with Crippen LogP contribution in [0.4, 0.5) is 0 Å². The molecular formula is C7H9NO3. The second kappa shape index (κ2) is 2.65. The van der Waals surface area contributed by atoms with Gasteiger partial charge in [-0.05, 0) is 0 Å². The summed E-state index contributed by atoms with van der Waals surface area (Å²) in [5.74, 6) is -0.660. The van der Waals surface area contributed by atoms with Crippen molar-refractivity contribution in [2.45, 2.75) is 13.3 Å². The average Bonchev–Trinajstić information content (AvgIpc) is 2.28. The van der Waals surface area contributed by atoms with Gasteiger partial charge in [0.05, 0.1) is 5.56 Å². The van der Waals surface area contributed by atoms with Crippen LogP contribution >= 0.6 is 0 Å². The minimum absolute atomic E-state index is 0.144. The monoisotopic (exact) mass is 155 g/mol. The van der Waals surface area contributed by atoms with Gasteiger partial charge in [-0.3, -0.25) is 9.78 Å². The summed E-state index contributed by atoms with van der Waals surface area (Å²) in [6.07, 6.45) is 0.310. The number of rotatable bonds is 2. The van der Waals surface area contributed by atoms with Crippen LogP contribution in [0.1, 0.15) is 23.7 Å². The molecule has 0 atom stereocenters. The molecule has 0 bridgehead atoms. The number of aromatic amines is 1. The van der Waals surface area contributed by atoms with E-state index in [2.05, 4.69) is 4.98 Å². The van der Waals surface area contributed by atoms with Crippen molar-refractivity contribution in [3.05, 3.63) is 11.6 Å². The SMILES string of the molecule is CCC(=O)c1cc(O)[nH]c1O. The fourth-order valence-electron chi connectivity index (χ4n) is 0.833. The van der Waals surface area contributed by atoms with Gasteiger partial charge in [-0.25, -0.2) is 0 Å². The van der Waals surface area contributed by atoms with Gasteiger partial charge in [0.1, 0.15) is 0 Å². The van der Waals surface area contributed by atoms with Crippen LogP contribution in [0.15, 0.2) is 6.07 Å². The van der Waals surface area contributed by atoms with E-state index >= 15 is 0 Å². The molecule has 0 saturated carbocycles. The Morgan fingerprint density at radius 2 is 2.27 bits per heavy atom. The number of hydrogen-bond acceptors (Lipinski definition) is 3. The quantitative estimate of drug-likeness (QED) is 0.558. The maximum absolute atomic E-state index is 11.0. The highest BCUT2D eigenvalue weighted by molar-refractivity contribution is 5.98. The van der Waals surface area contributed by atoms with Gasteiger partial charge < -0.3 is 10.2 Å². The van der Waals surface area contributed by atoms with E-state index in [1.165, 1.54) is 6.07 Å². The molecule has 0 amide bonds. The first kappa shape index (κ1) is 7.65. The summed E-state index contributed by atoms with van der Waals surface area (Å²) in [4.78, 5) is 13.2. The Morgan fingerprint density at radius 3 is 2.64 bits per heavy atom. The first-order chi connectivity index (χ1) is 5.15. The highest BCUT2D eigenvalue weighted by Gasteiger charge is 2.12. The number of aromatic nitrogens is 1. The predicted molar refractivity (Wildman–Crippen MR) is 38.7 cm³/mol. The Labute approximate surface area is 63.5 Å². The van der Waals surface area contributed by atoms with Gasteiger partial charge in [-0.1, -0.05) is 6.92 Å². The van der Waals surface area contributed by atoms with E-state index in [4.69, 9.17) is 10.2 Å². The zero-order valence-corrected chi connectivity index (χ0v) is 6.09. The number of nitrogens with one attached hydrogen (secondary N) is 1. The summed E-state index contributed by atoms with van der Waals surface area (Å²) in [6.45, 7) is 1.69. The molecule has 1 heterocycles. The van der Waals surface area contributed by atoms with Crippen LogP contribution in [0.2, 0.25) is 0 Å². The lowest BCUT2D eigenvalue weighted by atomic mass is 10.2. The fraction of sp³-hybridized carbons (Fsp3) is 0.286. The number of H-pyrrole nitrogens is 1. The lowest BCUT2D eigenvalue weighted by Gasteiger charge is -1.91. The zero-order chi connectivity index (χ0) is 8.43. The third-order valence-electron chi connectivity index (χ3n) is 1.40. The van der Waals surface area contributed by atoms with Crippen molar-refractivity contribution in [2.24, 2.45) is 0 Å². The summed E-state index contributed by atoms with van der Waals surface area (Å²) >= 11 is 0. The highest BCUT2D eigenvalue weighted by atomic mass is 16.3. The van der Waals surface area contributed by atoms with Crippen molar-refractivity contribution >= 4 is 5.78 Å². The van der Waals surface area contributed by atoms with Gasteiger partial charge in [-0.15, -0.1) is 0 Å². The topological polar surface area (TPSA) is 73.3 Å². The second-order valence-electron chi connectivity index (χ2n) is 2.19. The Balaban J connectivity index is 3.03. The molecule has 0 aliphatic carbocycles. The summed E-state index contributed by atoms with van der Waals surface area (Å²) in [5.41, 5.74) is 0.144. The standard InChI is InChI=1S/C7H9NO3/c1-2-5(9)4-3-6(10)8-7(4)11/h3,8,10-11H,2H2,1H3. The van der Waals surface area contributed by atoms with Crippen molar-refractivity contribution in [1.29, 1.82) is 0 Å². The zero-order valence-electron chi connectivity index (χ0n) is 6.09. The Morgan fingerprint density at radius 1 is 1.64 bits per heavy atom. The summed E-state index contributed by atoms with van der Waals surface area (Å²) < 4.78 is 0. The van der Waals surface area contributed by atoms with Crippen LogP contribution in [-0.2, 0) is 0 Å². The first-order valence-corrected chi connectivity index (χ1v) is 3.29. The van der Waals surface area contributed by atoms with E-state index in [1.807, 2.05) is 0 Å². The molecule has 0 radical (unpaired) electrons. The predicted octanol–water partition coefficient (Wildman–Crippen LogP) is 1.02. The molecule has 1 aromatic heterocycles. The third-order valence-corrected chi connectivity index (χ3v) is 1.40. The molecule has 0 fully saturated rings. The normalized spacial score (nSPS) is 9.91. The molecular weight excluding hydrogens is 146 g/mol. The van der Waals surface area contributed by atoms with Gasteiger partial charge in [0, 0.05) is 12.5 Å². The molecule has 1 aromatic rings. The van der Waals surface area contributed by atoms with Gasteiger partial charge in [0.2, 0.25) is 5.88 Å². The minimum Gasteiger partial charge on any atom is -0.494 e. The largest absolute Gasteiger partial charge is 0.494 e. The van der Waals surface area contributed by atoms with Crippen LogP contribution in [0.25, 0.3) is 0 Å². The van der Waals surface area contributed by atoms with Crippen LogP contribution < -0.4 is 0 Å². The molecule has 0 aromatic carbocycles. The molecule has 60 valence electrons. The van der Waals surface area contributed by atoms with Crippen LogP contribution in [0, 0.1) is 0 Å². The number of Topliss-reactive ketones (excluding diaryl/α,β-unsaturated/α-hetero) is 1. The Bertz CT molecular complexity index is 277. The van der Waals surface area contributed by atoms with Crippen LogP contribution in [-0.4, -0.2) is 21.0 Å². The van der Waals surface area contributed by atoms with Crippen molar-refractivity contribution in [3.8, 4) is 11.8 Å². The number of ketones is 1. The van der Waals surface area contributed by atoms with Crippen LogP contribution in [0.5, 0.6) is 11.8 Å². The van der Waals surface area contributed by atoms with E-state index in [0.29, 0.717) is 6.42 Å². The molecule has 0 saturated heterocycles. The van der Waals surface area contributed by atoms with Gasteiger partial charge in [0.15, 0.2) is 11.7 Å². The van der Waals surface area contributed by atoms with Crippen molar-refractivity contribution < 1.29 is 15.0 Å². The minimum atomic E-state index is -0.269. The smallest absolute Gasteiger partial charge is 0.202 e. The van der Waals surface area contributed by atoms with Gasteiger partial charge >= 0.3 is 0 Å². The Kier molecular flexibility index (Phi) is 1.85. The first-order valence-electron chi connectivity index (χ1n) is 3.29. The lowest BCUT2D eigenvalue weighted by Crippen LogP contribution is -1.93. The van der Waals surface area contributed by atoms with Gasteiger partial charge in [-0.2, -0.15) is 0 Å². The molecule has 0 aliphatic heterocycles. The van der Waals surface area contributed by atoms with Gasteiger partial charge in [0.25, 0.3) is 0 Å². The summed E-state index contributed by atoms with van der Waals surface area (Å²) in [5, 5.41) is 17.8. The van der Waals surface area contributed by atoms with E-state index in [9.17, 15) is 4.79 Å². The molecule has 11 heavy (non-hydrogen) atoms. The Hall–Kier alpha value is -1.45. The maximum Gasteiger partial charge on any atom is 0.202 e. The molecule has 0 spiro atoms. The van der Waals surface area contributed by atoms with E-state index in [1.54, 1.807) is 6.92 Å². The number of hydrogen-bond donors (Lipinski definition) is 3. The fourth-order valence-corrected chi connectivity index (χ4v) is 0.833. The molecule has 1 rings (SSSR count). The molecule has 0 aliphatic rings. The number of aromatic hydroxyl groups is 2. The summed E-state index contributed by atoms with van der Waals surface area (Å²) in [7, 11) is 0. The highest BCUT2D eigenvalue weighted by Crippen LogP contribution is 2.22. The second-order valence-corrected chi connectivity index (χ2v) is 2.19. The third kappa shape index (κ3) is 1.34.